The number of carbonyl (C=O) groups is 1. The summed E-state index contributed by atoms with van der Waals surface area (Å²) in [4.78, 5) is 12.6. The van der Waals surface area contributed by atoms with Crippen molar-refractivity contribution in [2.45, 2.75) is 32.8 Å². The van der Waals surface area contributed by atoms with Gasteiger partial charge in [-0.3, -0.25) is 5.43 Å². The van der Waals surface area contributed by atoms with Crippen LogP contribution < -0.4 is 5.43 Å². The summed E-state index contributed by atoms with van der Waals surface area (Å²) in [5.41, 5.74) is 6.87. The van der Waals surface area contributed by atoms with Crippen LogP contribution in [0.3, 0.4) is 0 Å². The number of hydrogen-bond acceptors (Lipinski definition) is 5. The summed E-state index contributed by atoms with van der Waals surface area (Å²) in [7, 11) is 0. The Morgan fingerprint density at radius 3 is 2.64 bits per heavy atom. The first-order valence-electron chi connectivity index (χ1n) is 9.20. The van der Waals surface area contributed by atoms with Crippen LogP contribution in [-0.4, -0.2) is 27.2 Å². The Morgan fingerprint density at radius 2 is 1.82 bits per heavy atom. The number of anilines is 1. The third-order valence-corrected chi connectivity index (χ3v) is 4.31. The van der Waals surface area contributed by atoms with Gasteiger partial charge in [0.2, 0.25) is 0 Å². The SMILES string of the molecule is CC(C)(C)OC(=O)n1nc(CC2=NNc3ccccc3C=C2)c2ccccc21. The Kier molecular flexibility index (Phi) is 4.47. The van der Waals surface area contributed by atoms with Crippen molar-refractivity contribution in [1.29, 1.82) is 0 Å². The molecule has 0 radical (unpaired) electrons. The van der Waals surface area contributed by atoms with Crippen LogP contribution in [0.4, 0.5) is 10.5 Å². The molecule has 28 heavy (non-hydrogen) atoms. The molecule has 1 aliphatic rings. The number of hydrazone groups is 1. The van der Waals surface area contributed by atoms with Gasteiger partial charge in [-0.15, -0.1) is 0 Å². The number of ether oxygens (including phenoxy) is 1. The van der Waals surface area contributed by atoms with E-state index in [0.717, 1.165) is 33.6 Å². The standard InChI is InChI=1S/C22H22N4O2/c1-22(2,3)28-21(27)26-20-11-7-5-9-17(20)19(25-26)14-16-13-12-15-8-4-6-10-18(15)24-23-16/h4-13,24H,14H2,1-3H3. The van der Waals surface area contributed by atoms with Crippen LogP contribution in [0.2, 0.25) is 0 Å². The van der Waals surface area contributed by atoms with E-state index < -0.39 is 11.7 Å². The number of hydrogen-bond donors (Lipinski definition) is 1. The average molecular weight is 374 g/mol. The summed E-state index contributed by atoms with van der Waals surface area (Å²) in [6, 6.07) is 15.6. The first-order chi connectivity index (χ1) is 13.4. The van der Waals surface area contributed by atoms with Gasteiger partial charge in [-0.1, -0.05) is 42.5 Å². The van der Waals surface area contributed by atoms with Gasteiger partial charge in [-0.2, -0.15) is 14.9 Å². The Labute approximate surface area is 163 Å². The van der Waals surface area contributed by atoms with Gasteiger partial charge >= 0.3 is 6.09 Å². The van der Waals surface area contributed by atoms with E-state index in [9.17, 15) is 4.79 Å². The molecule has 6 heteroatoms. The molecule has 0 spiro atoms. The zero-order valence-corrected chi connectivity index (χ0v) is 16.1. The van der Waals surface area contributed by atoms with Crippen molar-refractivity contribution in [3.05, 3.63) is 65.9 Å². The molecule has 0 fully saturated rings. The molecule has 0 saturated carbocycles. The minimum atomic E-state index is -0.589. The molecular weight excluding hydrogens is 352 g/mol. The van der Waals surface area contributed by atoms with Gasteiger partial charge in [0.1, 0.15) is 5.60 Å². The number of allylic oxidation sites excluding steroid dienone is 1. The van der Waals surface area contributed by atoms with Gasteiger partial charge in [0.25, 0.3) is 0 Å². The molecule has 1 aromatic heterocycles. The summed E-state index contributed by atoms with van der Waals surface area (Å²) in [5, 5.41) is 9.95. The van der Waals surface area contributed by atoms with Crippen LogP contribution in [0.1, 0.15) is 32.0 Å². The molecule has 0 aliphatic carbocycles. The highest BCUT2D eigenvalue weighted by Gasteiger charge is 2.22. The first-order valence-corrected chi connectivity index (χ1v) is 9.20. The van der Waals surface area contributed by atoms with Crippen LogP contribution in [0.25, 0.3) is 17.0 Å². The maximum atomic E-state index is 12.6. The summed E-state index contributed by atoms with van der Waals surface area (Å²) in [6.07, 6.45) is 4.01. The van der Waals surface area contributed by atoms with Crippen molar-refractivity contribution >= 4 is 34.5 Å². The van der Waals surface area contributed by atoms with E-state index in [1.165, 1.54) is 4.68 Å². The minimum Gasteiger partial charge on any atom is -0.442 e. The molecular formula is C22H22N4O2. The molecule has 2 heterocycles. The number of nitrogens with one attached hydrogen (secondary N) is 1. The minimum absolute atomic E-state index is 0.487. The van der Waals surface area contributed by atoms with Crippen molar-refractivity contribution in [3.63, 3.8) is 0 Å². The predicted molar refractivity (Wildman–Crippen MR) is 112 cm³/mol. The van der Waals surface area contributed by atoms with Crippen molar-refractivity contribution < 1.29 is 9.53 Å². The average Bonchev–Trinajstić information content (AvgIpc) is 2.89. The van der Waals surface area contributed by atoms with Crippen LogP contribution in [0, 0.1) is 0 Å². The van der Waals surface area contributed by atoms with Gasteiger partial charge in [0, 0.05) is 11.8 Å². The first kappa shape index (κ1) is 18.0. The highest BCUT2D eigenvalue weighted by molar-refractivity contribution is 6.03. The second kappa shape index (κ2) is 6.96. The lowest BCUT2D eigenvalue weighted by molar-refractivity contribution is 0.0522. The largest absolute Gasteiger partial charge is 0.442 e. The van der Waals surface area contributed by atoms with Gasteiger partial charge in [0.15, 0.2) is 0 Å². The lowest BCUT2D eigenvalue weighted by Crippen LogP contribution is -2.27. The molecule has 2 aromatic carbocycles. The summed E-state index contributed by atoms with van der Waals surface area (Å²) in [6.45, 7) is 5.52. The fraction of sp³-hybridized carbons (Fsp3) is 0.227. The molecule has 0 bridgehead atoms. The van der Waals surface area contributed by atoms with Gasteiger partial charge < -0.3 is 4.74 Å². The zero-order chi connectivity index (χ0) is 19.7. The van der Waals surface area contributed by atoms with Crippen LogP contribution in [0.15, 0.2) is 59.7 Å². The number of rotatable bonds is 2. The van der Waals surface area contributed by atoms with Gasteiger partial charge in [-0.05, 0) is 44.5 Å². The lowest BCUT2D eigenvalue weighted by atomic mass is 10.1. The van der Waals surface area contributed by atoms with Crippen molar-refractivity contribution in [3.8, 4) is 0 Å². The molecule has 1 N–H and O–H groups in total. The molecule has 0 saturated heterocycles. The molecule has 3 aromatic rings. The maximum Gasteiger partial charge on any atom is 0.435 e. The zero-order valence-electron chi connectivity index (χ0n) is 16.1. The van der Waals surface area contributed by atoms with Crippen molar-refractivity contribution in [1.82, 2.24) is 9.78 Å². The number of fused-ring (bicyclic) bond motifs is 2. The van der Waals surface area contributed by atoms with E-state index in [2.05, 4.69) is 15.6 Å². The predicted octanol–water partition coefficient (Wildman–Crippen LogP) is 4.86. The monoisotopic (exact) mass is 374 g/mol. The smallest absolute Gasteiger partial charge is 0.435 e. The Bertz CT molecular complexity index is 1100. The topological polar surface area (TPSA) is 68.5 Å². The lowest BCUT2D eigenvalue weighted by Gasteiger charge is -2.19. The Hall–Kier alpha value is -3.41. The van der Waals surface area contributed by atoms with Crippen LogP contribution >= 0.6 is 0 Å². The molecule has 6 nitrogen and oxygen atoms in total. The Balaban J connectivity index is 1.67. The maximum absolute atomic E-state index is 12.6. The van der Waals surface area contributed by atoms with E-state index in [1.807, 2.05) is 81.5 Å². The van der Waals surface area contributed by atoms with E-state index in [4.69, 9.17) is 4.74 Å². The van der Waals surface area contributed by atoms with Crippen molar-refractivity contribution in [2.75, 3.05) is 5.43 Å². The fourth-order valence-corrected chi connectivity index (χ4v) is 3.08. The quantitative estimate of drug-likeness (QED) is 0.696. The summed E-state index contributed by atoms with van der Waals surface area (Å²) >= 11 is 0. The van der Waals surface area contributed by atoms with Crippen LogP contribution in [0.5, 0.6) is 0 Å². The Morgan fingerprint density at radius 1 is 1.07 bits per heavy atom. The number of nitrogens with zero attached hydrogens (tertiary/aromatic N) is 3. The number of benzene rings is 2. The van der Waals surface area contributed by atoms with E-state index in [-0.39, 0.29) is 0 Å². The molecule has 0 amide bonds. The summed E-state index contributed by atoms with van der Waals surface area (Å²) in [5.74, 6) is 0. The van der Waals surface area contributed by atoms with Gasteiger partial charge in [-0.25, -0.2) is 4.79 Å². The second-order valence-electron chi connectivity index (χ2n) is 7.67. The number of carbonyl (C=O) groups excluding carboxylic acids is 1. The highest BCUT2D eigenvalue weighted by Crippen LogP contribution is 2.23. The van der Waals surface area contributed by atoms with E-state index in [0.29, 0.717) is 6.42 Å². The number of para-hydroxylation sites is 2. The van der Waals surface area contributed by atoms with E-state index in [1.54, 1.807) is 0 Å². The third-order valence-electron chi connectivity index (χ3n) is 4.31. The highest BCUT2D eigenvalue weighted by atomic mass is 16.6. The fourth-order valence-electron chi connectivity index (χ4n) is 3.08. The molecule has 0 unspecified atom stereocenters. The molecule has 1 aliphatic heterocycles. The molecule has 142 valence electrons. The molecule has 0 atom stereocenters. The van der Waals surface area contributed by atoms with Crippen molar-refractivity contribution in [2.24, 2.45) is 5.10 Å². The molecule has 4 rings (SSSR count). The third kappa shape index (κ3) is 3.67. The van der Waals surface area contributed by atoms with Crippen LogP contribution in [-0.2, 0) is 11.2 Å². The summed E-state index contributed by atoms with van der Waals surface area (Å²) < 4.78 is 6.83. The number of aromatic nitrogens is 2. The second-order valence-corrected chi connectivity index (χ2v) is 7.67. The van der Waals surface area contributed by atoms with Gasteiger partial charge in [0.05, 0.1) is 22.6 Å². The van der Waals surface area contributed by atoms with E-state index >= 15 is 0 Å². The normalized spacial score (nSPS) is 13.5.